The first kappa shape index (κ1) is 13.5. The minimum absolute atomic E-state index is 0.443. The van der Waals surface area contributed by atoms with Gasteiger partial charge in [0.05, 0.1) is 20.3 Å². The van der Waals surface area contributed by atoms with E-state index in [4.69, 9.17) is 9.47 Å². The minimum Gasteiger partial charge on any atom is -0.496 e. The van der Waals surface area contributed by atoms with E-state index in [1.807, 2.05) is 6.92 Å². The van der Waals surface area contributed by atoms with Gasteiger partial charge in [0.25, 0.3) is 0 Å². The van der Waals surface area contributed by atoms with Gasteiger partial charge in [0.15, 0.2) is 0 Å². The van der Waals surface area contributed by atoms with Crippen molar-refractivity contribution < 1.29 is 14.3 Å². The zero-order valence-corrected chi connectivity index (χ0v) is 10.4. The maximum atomic E-state index is 10.7. The number of carbonyl (C=O) groups is 1. The van der Waals surface area contributed by atoms with Crippen molar-refractivity contribution in [3.05, 3.63) is 41.5 Å². The summed E-state index contributed by atoms with van der Waals surface area (Å²) in [6, 6.07) is 5.29. The van der Waals surface area contributed by atoms with Crippen molar-refractivity contribution >= 4 is 6.29 Å². The third kappa shape index (κ3) is 4.41. The lowest BCUT2D eigenvalue weighted by Crippen LogP contribution is -1.99. The second-order valence-corrected chi connectivity index (χ2v) is 3.95. The number of hydrogen-bond donors (Lipinski definition) is 0. The zero-order valence-electron chi connectivity index (χ0n) is 10.4. The highest BCUT2D eigenvalue weighted by Gasteiger charge is 2.04. The van der Waals surface area contributed by atoms with Crippen molar-refractivity contribution in [2.24, 2.45) is 0 Å². The van der Waals surface area contributed by atoms with Gasteiger partial charge in [-0.2, -0.15) is 0 Å². The number of hydrogen-bond acceptors (Lipinski definition) is 3. The highest BCUT2D eigenvalue weighted by atomic mass is 16.5. The van der Waals surface area contributed by atoms with Crippen LogP contribution in [0.2, 0.25) is 0 Å². The second-order valence-electron chi connectivity index (χ2n) is 3.95. The molecule has 0 N–H and O–H groups in total. The minimum atomic E-state index is 0.443. The van der Waals surface area contributed by atoms with Crippen LogP contribution in [-0.4, -0.2) is 20.0 Å². The van der Waals surface area contributed by atoms with Gasteiger partial charge in [0.2, 0.25) is 0 Å². The second kappa shape index (κ2) is 6.86. The molecule has 92 valence electrons. The van der Waals surface area contributed by atoms with Crippen LogP contribution >= 0.6 is 0 Å². The van der Waals surface area contributed by atoms with Gasteiger partial charge >= 0.3 is 0 Å². The smallest absolute Gasteiger partial charge is 0.150 e. The number of methoxy groups -OCH3 is 1. The lowest BCUT2D eigenvalue weighted by atomic mass is 10.1. The molecule has 0 aliphatic rings. The zero-order chi connectivity index (χ0) is 12.7. The van der Waals surface area contributed by atoms with Crippen molar-refractivity contribution in [1.29, 1.82) is 0 Å². The van der Waals surface area contributed by atoms with E-state index in [1.54, 1.807) is 25.3 Å². The van der Waals surface area contributed by atoms with Crippen LogP contribution in [0, 0.1) is 0 Å². The molecule has 0 spiro atoms. The molecule has 0 aromatic heterocycles. The molecule has 0 saturated heterocycles. The average molecular weight is 234 g/mol. The van der Waals surface area contributed by atoms with E-state index in [0.29, 0.717) is 18.8 Å². The first-order valence-corrected chi connectivity index (χ1v) is 5.51. The fourth-order valence-electron chi connectivity index (χ4n) is 1.41. The Morgan fingerprint density at radius 3 is 2.82 bits per heavy atom. The molecule has 0 aliphatic carbocycles. The monoisotopic (exact) mass is 234 g/mol. The topological polar surface area (TPSA) is 35.5 Å². The van der Waals surface area contributed by atoms with Crippen LogP contribution in [0.25, 0.3) is 0 Å². The Morgan fingerprint density at radius 2 is 2.24 bits per heavy atom. The number of aldehydes is 1. The molecule has 1 aromatic carbocycles. The van der Waals surface area contributed by atoms with Crippen LogP contribution in [0.15, 0.2) is 30.4 Å². The Kier molecular flexibility index (Phi) is 5.43. The fraction of sp³-hybridized carbons (Fsp3) is 0.357. The van der Waals surface area contributed by atoms with Crippen molar-refractivity contribution in [3.8, 4) is 5.75 Å². The molecule has 17 heavy (non-hydrogen) atoms. The molecular formula is C14H18O3. The SMILES string of the molecule is C=C(C)CCOCc1cc(C=O)ccc1OC. The predicted molar refractivity (Wildman–Crippen MR) is 67.5 cm³/mol. The van der Waals surface area contributed by atoms with Gasteiger partial charge < -0.3 is 9.47 Å². The van der Waals surface area contributed by atoms with Gasteiger partial charge in [0.1, 0.15) is 12.0 Å². The third-order valence-corrected chi connectivity index (χ3v) is 2.37. The van der Waals surface area contributed by atoms with Crippen LogP contribution in [0.1, 0.15) is 29.3 Å². The normalized spacial score (nSPS) is 10.0. The van der Waals surface area contributed by atoms with Crippen LogP contribution in [0.5, 0.6) is 5.75 Å². The number of benzene rings is 1. The van der Waals surface area contributed by atoms with Crippen molar-refractivity contribution in [1.82, 2.24) is 0 Å². The summed E-state index contributed by atoms with van der Waals surface area (Å²) in [7, 11) is 1.60. The number of carbonyl (C=O) groups excluding carboxylic acids is 1. The van der Waals surface area contributed by atoms with E-state index >= 15 is 0 Å². The largest absolute Gasteiger partial charge is 0.496 e. The van der Waals surface area contributed by atoms with Crippen molar-refractivity contribution in [2.75, 3.05) is 13.7 Å². The number of ether oxygens (including phenoxy) is 2. The van der Waals surface area contributed by atoms with Gasteiger partial charge in [-0.1, -0.05) is 5.57 Å². The summed E-state index contributed by atoms with van der Waals surface area (Å²) < 4.78 is 10.7. The van der Waals surface area contributed by atoms with E-state index in [0.717, 1.165) is 29.6 Å². The van der Waals surface area contributed by atoms with Crippen LogP contribution in [0.4, 0.5) is 0 Å². The van der Waals surface area contributed by atoms with E-state index in [-0.39, 0.29) is 0 Å². The molecule has 0 radical (unpaired) electrons. The Labute approximate surface area is 102 Å². The summed E-state index contributed by atoms with van der Waals surface area (Å²) in [5, 5.41) is 0. The maximum absolute atomic E-state index is 10.7. The summed E-state index contributed by atoms with van der Waals surface area (Å²) in [4.78, 5) is 10.7. The summed E-state index contributed by atoms with van der Waals surface area (Å²) in [5.41, 5.74) is 2.61. The standard InChI is InChI=1S/C14H18O3/c1-11(2)6-7-17-10-13-8-12(9-15)4-5-14(13)16-3/h4-5,8-9H,1,6-7,10H2,2-3H3. The molecular weight excluding hydrogens is 216 g/mol. The molecule has 0 heterocycles. The molecule has 3 heteroatoms. The van der Waals surface area contributed by atoms with E-state index in [9.17, 15) is 4.79 Å². The quantitative estimate of drug-likeness (QED) is 0.413. The van der Waals surface area contributed by atoms with Crippen LogP contribution in [-0.2, 0) is 11.3 Å². The Bertz CT molecular complexity index is 396. The summed E-state index contributed by atoms with van der Waals surface area (Å²) in [6.07, 6.45) is 1.66. The molecule has 1 rings (SSSR count). The summed E-state index contributed by atoms with van der Waals surface area (Å²) in [6.45, 7) is 6.85. The molecule has 0 atom stereocenters. The fourth-order valence-corrected chi connectivity index (χ4v) is 1.41. The summed E-state index contributed by atoms with van der Waals surface area (Å²) in [5.74, 6) is 0.742. The highest BCUT2D eigenvalue weighted by molar-refractivity contribution is 5.75. The van der Waals surface area contributed by atoms with Gasteiger partial charge in [-0.25, -0.2) is 0 Å². The van der Waals surface area contributed by atoms with Gasteiger partial charge in [-0.15, -0.1) is 6.58 Å². The van der Waals surface area contributed by atoms with E-state index in [1.165, 1.54) is 0 Å². The Hall–Kier alpha value is -1.61. The van der Waals surface area contributed by atoms with E-state index in [2.05, 4.69) is 6.58 Å². The Balaban J connectivity index is 2.61. The molecule has 0 unspecified atom stereocenters. The predicted octanol–water partition coefficient (Wildman–Crippen LogP) is 2.99. The van der Waals surface area contributed by atoms with Crippen molar-refractivity contribution in [2.45, 2.75) is 20.0 Å². The number of rotatable bonds is 7. The summed E-state index contributed by atoms with van der Waals surface area (Å²) >= 11 is 0. The van der Waals surface area contributed by atoms with Gasteiger partial charge in [0, 0.05) is 11.1 Å². The highest BCUT2D eigenvalue weighted by Crippen LogP contribution is 2.20. The molecule has 3 nitrogen and oxygen atoms in total. The first-order chi connectivity index (χ1) is 8.17. The lowest BCUT2D eigenvalue weighted by molar-refractivity contribution is 0.112. The third-order valence-electron chi connectivity index (χ3n) is 2.37. The van der Waals surface area contributed by atoms with Crippen molar-refractivity contribution in [3.63, 3.8) is 0 Å². The van der Waals surface area contributed by atoms with Crippen LogP contribution in [0.3, 0.4) is 0 Å². The van der Waals surface area contributed by atoms with Crippen LogP contribution < -0.4 is 4.74 Å². The van der Waals surface area contributed by atoms with Gasteiger partial charge in [-0.05, 0) is 31.5 Å². The molecule has 0 saturated carbocycles. The molecule has 0 amide bonds. The van der Waals surface area contributed by atoms with E-state index < -0.39 is 0 Å². The maximum Gasteiger partial charge on any atom is 0.150 e. The lowest BCUT2D eigenvalue weighted by Gasteiger charge is -2.09. The first-order valence-electron chi connectivity index (χ1n) is 5.51. The molecule has 0 fully saturated rings. The molecule has 1 aromatic rings. The molecule has 0 aliphatic heterocycles. The van der Waals surface area contributed by atoms with Gasteiger partial charge in [-0.3, -0.25) is 4.79 Å². The molecule has 0 bridgehead atoms. The average Bonchev–Trinajstić information content (AvgIpc) is 2.34. The Morgan fingerprint density at radius 1 is 1.47 bits per heavy atom.